The summed E-state index contributed by atoms with van der Waals surface area (Å²) in [7, 11) is 0. The largest absolute Gasteiger partial charge is 0.342 e. The van der Waals surface area contributed by atoms with Crippen LogP contribution < -0.4 is 5.73 Å². The van der Waals surface area contributed by atoms with Gasteiger partial charge in [-0.1, -0.05) is 42.7 Å². The lowest BCUT2D eigenvalue weighted by Crippen LogP contribution is -2.51. The molecule has 1 aliphatic heterocycles. The average Bonchev–Trinajstić information content (AvgIpc) is 3.05. The summed E-state index contributed by atoms with van der Waals surface area (Å²) in [5.74, 6) is 0.801. The normalized spacial score (nSPS) is 24.3. The van der Waals surface area contributed by atoms with E-state index in [0.717, 1.165) is 51.6 Å². The molecule has 0 aromatic heterocycles. The summed E-state index contributed by atoms with van der Waals surface area (Å²) in [6.07, 6.45) is 6.54. The Hall–Kier alpha value is -1.06. The van der Waals surface area contributed by atoms with Crippen molar-refractivity contribution in [3.05, 3.63) is 35.4 Å². The van der Waals surface area contributed by atoms with Crippen molar-refractivity contribution in [3.63, 3.8) is 0 Å². The first-order valence-electron chi connectivity index (χ1n) is 9.15. The summed E-state index contributed by atoms with van der Waals surface area (Å²) in [6, 6.07) is 8.76. The lowest BCUT2D eigenvalue weighted by Gasteiger charge is -2.40. The summed E-state index contributed by atoms with van der Waals surface area (Å²) in [5.41, 5.74) is 8.29. The predicted octanol–water partition coefficient (Wildman–Crippen LogP) is 3.81. The van der Waals surface area contributed by atoms with Crippen LogP contribution in [0.1, 0.15) is 56.6 Å². The maximum atomic E-state index is 13.5. The zero-order valence-electron chi connectivity index (χ0n) is 15.0. The highest BCUT2D eigenvalue weighted by Gasteiger charge is 2.45. The van der Waals surface area contributed by atoms with Crippen LogP contribution >= 0.6 is 12.4 Å². The van der Waals surface area contributed by atoms with Crippen LogP contribution in [-0.4, -0.2) is 29.9 Å². The summed E-state index contributed by atoms with van der Waals surface area (Å²) < 4.78 is 0. The van der Waals surface area contributed by atoms with Crippen LogP contribution in [0.25, 0.3) is 0 Å². The molecule has 2 fully saturated rings. The third kappa shape index (κ3) is 3.62. The molecule has 0 radical (unpaired) electrons. The van der Waals surface area contributed by atoms with Crippen molar-refractivity contribution in [3.8, 4) is 0 Å². The number of benzene rings is 1. The average molecular weight is 351 g/mol. The van der Waals surface area contributed by atoms with E-state index in [2.05, 4.69) is 43.0 Å². The highest BCUT2D eigenvalue weighted by molar-refractivity contribution is 5.89. The van der Waals surface area contributed by atoms with E-state index in [-0.39, 0.29) is 23.9 Å². The van der Waals surface area contributed by atoms with Crippen LogP contribution in [0, 0.1) is 12.8 Å². The standard InChI is InChI=1S/C20H30N2O.ClH/c1-15-7-5-9-18(13-15)20(10-3-4-11-20)19(23)22-12-6-8-17(14-22)16(2)21;/h5,7,9,13,16-17H,3-4,6,8,10-12,14,21H2,1-2H3;1H. The Morgan fingerprint density at radius 3 is 2.62 bits per heavy atom. The van der Waals surface area contributed by atoms with Crippen LogP contribution in [0.3, 0.4) is 0 Å². The second kappa shape index (κ2) is 7.88. The third-order valence-electron chi connectivity index (χ3n) is 5.93. The molecular formula is C20H31ClN2O. The van der Waals surface area contributed by atoms with Gasteiger partial charge >= 0.3 is 0 Å². The molecule has 134 valence electrons. The van der Waals surface area contributed by atoms with Gasteiger partial charge < -0.3 is 10.6 Å². The number of carbonyl (C=O) groups excluding carboxylic acids is 1. The van der Waals surface area contributed by atoms with Crippen molar-refractivity contribution in [2.75, 3.05) is 13.1 Å². The minimum absolute atomic E-state index is 0. The van der Waals surface area contributed by atoms with Gasteiger partial charge in [0.2, 0.25) is 5.91 Å². The molecule has 2 unspecified atom stereocenters. The first-order valence-corrected chi connectivity index (χ1v) is 9.15. The highest BCUT2D eigenvalue weighted by Crippen LogP contribution is 2.43. The maximum Gasteiger partial charge on any atom is 0.233 e. The molecule has 1 saturated heterocycles. The molecular weight excluding hydrogens is 320 g/mol. The van der Waals surface area contributed by atoms with Crippen molar-refractivity contribution in [2.45, 2.75) is 63.8 Å². The lowest BCUT2D eigenvalue weighted by atomic mass is 9.76. The van der Waals surface area contributed by atoms with E-state index in [1.54, 1.807) is 0 Å². The second-order valence-corrected chi connectivity index (χ2v) is 7.67. The Morgan fingerprint density at radius 2 is 2.00 bits per heavy atom. The second-order valence-electron chi connectivity index (χ2n) is 7.67. The van der Waals surface area contributed by atoms with E-state index in [0.29, 0.717) is 11.8 Å². The first kappa shape index (κ1) is 19.3. The van der Waals surface area contributed by atoms with Crippen molar-refractivity contribution in [1.29, 1.82) is 0 Å². The Kier molecular flexibility index (Phi) is 6.33. The Balaban J connectivity index is 0.00000208. The monoisotopic (exact) mass is 350 g/mol. The fourth-order valence-electron chi connectivity index (χ4n) is 4.47. The van der Waals surface area contributed by atoms with Gasteiger partial charge in [-0.15, -0.1) is 12.4 Å². The van der Waals surface area contributed by atoms with Gasteiger partial charge in [-0.3, -0.25) is 4.79 Å². The molecule has 3 nitrogen and oxygen atoms in total. The SMILES string of the molecule is Cc1cccc(C2(C(=O)N3CCCC(C(C)N)C3)CCCC2)c1.Cl. The van der Waals surface area contributed by atoms with E-state index >= 15 is 0 Å². The molecule has 1 saturated carbocycles. The van der Waals surface area contributed by atoms with Gasteiger partial charge in [-0.25, -0.2) is 0 Å². The molecule has 3 rings (SSSR count). The van der Waals surface area contributed by atoms with Crippen LogP contribution in [0.2, 0.25) is 0 Å². The number of likely N-dealkylation sites (tertiary alicyclic amines) is 1. The summed E-state index contributed by atoms with van der Waals surface area (Å²) >= 11 is 0. The number of nitrogens with zero attached hydrogens (tertiary/aromatic N) is 1. The maximum absolute atomic E-state index is 13.5. The Morgan fingerprint density at radius 1 is 1.29 bits per heavy atom. The molecule has 4 heteroatoms. The van der Waals surface area contributed by atoms with E-state index in [1.807, 2.05) is 0 Å². The number of hydrogen-bond donors (Lipinski definition) is 1. The molecule has 1 amide bonds. The van der Waals surface area contributed by atoms with Gasteiger partial charge in [0, 0.05) is 19.1 Å². The Labute approximate surface area is 152 Å². The number of amides is 1. The third-order valence-corrected chi connectivity index (χ3v) is 5.93. The van der Waals surface area contributed by atoms with Gasteiger partial charge in [0.1, 0.15) is 0 Å². The predicted molar refractivity (Wildman–Crippen MR) is 102 cm³/mol. The van der Waals surface area contributed by atoms with Crippen molar-refractivity contribution < 1.29 is 4.79 Å². The number of carbonyl (C=O) groups is 1. The zero-order chi connectivity index (χ0) is 16.4. The molecule has 0 spiro atoms. The van der Waals surface area contributed by atoms with Gasteiger partial charge in [-0.05, 0) is 51.0 Å². The van der Waals surface area contributed by atoms with E-state index in [1.165, 1.54) is 11.1 Å². The van der Waals surface area contributed by atoms with Crippen molar-refractivity contribution >= 4 is 18.3 Å². The van der Waals surface area contributed by atoms with Crippen LogP contribution in [0.5, 0.6) is 0 Å². The van der Waals surface area contributed by atoms with Gasteiger partial charge in [0.15, 0.2) is 0 Å². The fraction of sp³-hybridized carbons (Fsp3) is 0.650. The number of halogens is 1. The van der Waals surface area contributed by atoms with Crippen molar-refractivity contribution in [2.24, 2.45) is 11.7 Å². The lowest BCUT2D eigenvalue weighted by molar-refractivity contribution is -0.139. The molecule has 1 aliphatic carbocycles. The molecule has 1 aromatic rings. The molecule has 0 bridgehead atoms. The van der Waals surface area contributed by atoms with E-state index < -0.39 is 0 Å². The molecule has 2 N–H and O–H groups in total. The molecule has 1 heterocycles. The number of piperidine rings is 1. The molecule has 1 aromatic carbocycles. The van der Waals surface area contributed by atoms with Crippen LogP contribution in [0.4, 0.5) is 0 Å². The highest BCUT2D eigenvalue weighted by atomic mass is 35.5. The molecule has 2 aliphatic rings. The van der Waals surface area contributed by atoms with E-state index in [9.17, 15) is 4.79 Å². The number of hydrogen-bond acceptors (Lipinski definition) is 2. The van der Waals surface area contributed by atoms with Crippen molar-refractivity contribution in [1.82, 2.24) is 4.90 Å². The Bertz CT molecular complexity index is 567. The van der Waals surface area contributed by atoms with Gasteiger partial charge in [0.05, 0.1) is 5.41 Å². The summed E-state index contributed by atoms with van der Waals surface area (Å²) in [6.45, 7) is 5.92. The van der Waals surface area contributed by atoms with Gasteiger partial charge in [-0.2, -0.15) is 0 Å². The first-order chi connectivity index (χ1) is 11.0. The van der Waals surface area contributed by atoms with Crippen LogP contribution in [0.15, 0.2) is 24.3 Å². The topological polar surface area (TPSA) is 46.3 Å². The number of aryl methyl sites for hydroxylation is 1. The zero-order valence-corrected chi connectivity index (χ0v) is 15.8. The molecule has 24 heavy (non-hydrogen) atoms. The quantitative estimate of drug-likeness (QED) is 0.900. The number of rotatable bonds is 3. The number of nitrogens with two attached hydrogens (primary N) is 1. The summed E-state index contributed by atoms with van der Waals surface area (Å²) in [5, 5.41) is 0. The minimum atomic E-state index is -0.286. The fourth-order valence-corrected chi connectivity index (χ4v) is 4.47. The summed E-state index contributed by atoms with van der Waals surface area (Å²) in [4.78, 5) is 15.6. The molecule has 2 atom stereocenters. The van der Waals surface area contributed by atoms with E-state index in [4.69, 9.17) is 5.73 Å². The van der Waals surface area contributed by atoms with Gasteiger partial charge in [0.25, 0.3) is 0 Å². The smallest absolute Gasteiger partial charge is 0.233 e. The minimum Gasteiger partial charge on any atom is -0.342 e. The van der Waals surface area contributed by atoms with Crippen LogP contribution in [-0.2, 0) is 10.2 Å².